The van der Waals surface area contributed by atoms with Crippen LogP contribution in [0.2, 0.25) is 5.02 Å². The van der Waals surface area contributed by atoms with E-state index >= 15 is 0 Å². The summed E-state index contributed by atoms with van der Waals surface area (Å²) in [5, 5.41) is 5.98. The summed E-state index contributed by atoms with van der Waals surface area (Å²) in [6.07, 6.45) is 0. The second-order valence-electron chi connectivity index (χ2n) is 6.35. The SMILES string of the molecule is CN(C(=O)c1ccc(Cl)cc1)c1ccc(NC(=O)NCc2ccc(F)cc2)cc1. The summed E-state index contributed by atoms with van der Waals surface area (Å²) in [5.41, 5.74) is 2.58. The molecule has 0 aromatic heterocycles. The Balaban J connectivity index is 1.56. The van der Waals surface area contributed by atoms with Gasteiger partial charge in [-0.05, 0) is 66.2 Å². The topological polar surface area (TPSA) is 61.4 Å². The van der Waals surface area contributed by atoms with E-state index in [1.165, 1.54) is 17.0 Å². The second-order valence-corrected chi connectivity index (χ2v) is 6.79. The summed E-state index contributed by atoms with van der Waals surface area (Å²) in [7, 11) is 1.68. The van der Waals surface area contributed by atoms with Crippen LogP contribution in [0.5, 0.6) is 0 Å². The van der Waals surface area contributed by atoms with E-state index in [1.54, 1.807) is 67.7 Å². The highest BCUT2D eigenvalue weighted by Crippen LogP contribution is 2.19. The molecule has 0 fully saturated rings. The Labute approximate surface area is 173 Å². The molecule has 3 amide bonds. The molecule has 29 heavy (non-hydrogen) atoms. The summed E-state index contributed by atoms with van der Waals surface area (Å²) in [6.45, 7) is 0.280. The van der Waals surface area contributed by atoms with Gasteiger partial charge in [0.25, 0.3) is 5.91 Å². The molecule has 0 saturated carbocycles. The van der Waals surface area contributed by atoms with Gasteiger partial charge in [0.05, 0.1) is 0 Å². The molecule has 0 saturated heterocycles. The van der Waals surface area contributed by atoms with Crippen molar-refractivity contribution in [2.24, 2.45) is 0 Å². The van der Waals surface area contributed by atoms with Crippen molar-refractivity contribution in [1.29, 1.82) is 0 Å². The summed E-state index contributed by atoms with van der Waals surface area (Å²) in [5.74, 6) is -0.489. The number of carbonyl (C=O) groups is 2. The van der Waals surface area contributed by atoms with E-state index in [-0.39, 0.29) is 24.3 Å². The van der Waals surface area contributed by atoms with Gasteiger partial charge in [-0.25, -0.2) is 9.18 Å². The van der Waals surface area contributed by atoms with Gasteiger partial charge in [-0.1, -0.05) is 23.7 Å². The molecule has 0 aliphatic rings. The number of hydrogen-bond acceptors (Lipinski definition) is 2. The third kappa shape index (κ3) is 5.56. The molecule has 148 valence electrons. The molecule has 2 N–H and O–H groups in total. The lowest BCUT2D eigenvalue weighted by atomic mass is 10.2. The van der Waals surface area contributed by atoms with E-state index in [9.17, 15) is 14.0 Å². The van der Waals surface area contributed by atoms with Crippen molar-refractivity contribution in [1.82, 2.24) is 5.32 Å². The Kier molecular flexibility index (Phi) is 6.46. The number of benzene rings is 3. The zero-order chi connectivity index (χ0) is 20.8. The lowest BCUT2D eigenvalue weighted by Gasteiger charge is -2.18. The van der Waals surface area contributed by atoms with Crippen LogP contribution in [0.1, 0.15) is 15.9 Å². The van der Waals surface area contributed by atoms with Crippen molar-refractivity contribution in [2.45, 2.75) is 6.54 Å². The number of nitrogens with one attached hydrogen (secondary N) is 2. The van der Waals surface area contributed by atoms with Gasteiger partial charge >= 0.3 is 6.03 Å². The van der Waals surface area contributed by atoms with E-state index in [4.69, 9.17) is 11.6 Å². The molecule has 0 radical (unpaired) electrons. The van der Waals surface area contributed by atoms with Crippen molar-refractivity contribution in [3.05, 3.63) is 94.8 Å². The molecule has 0 heterocycles. The Bertz CT molecular complexity index is 990. The maximum absolute atomic E-state index is 12.9. The van der Waals surface area contributed by atoms with Crippen molar-refractivity contribution >= 4 is 34.9 Å². The lowest BCUT2D eigenvalue weighted by Crippen LogP contribution is -2.28. The van der Waals surface area contributed by atoms with Crippen molar-refractivity contribution in [2.75, 3.05) is 17.3 Å². The smallest absolute Gasteiger partial charge is 0.319 e. The number of urea groups is 1. The Morgan fingerprint density at radius 2 is 1.55 bits per heavy atom. The lowest BCUT2D eigenvalue weighted by molar-refractivity contribution is 0.0993. The average molecular weight is 412 g/mol. The summed E-state index contributed by atoms with van der Waals surface area (Å²) >= 11 is 5.86. The fourth-order valence-electron chi connectivity index (χ4n) is 2.63. The predicted octanol–water partition coefficient (Wildman–Crippen LogP) is 5.08. The zero-order valence-corrected chi connectivity index (χ0v) is 16.4. The molecular weight excluding hydrogens is 393 g/mol. The van der Waals surface area contributed by atoms with E-state index in [0.717, 1.165) is 5.56 Å². The van der Waals surface area contributed by atoms with Gasteiger partial charge in [-0.15, -0.1) is 0 Å². The van der Waals surface area contributed by atoms with Crippen LogP contribution in [-0.4, -0.2) is 19.0 Å². The normalized spacial score (nSPS) is 10.3. The molecule has 0 bridgehead atoms. The number of carbonyl (C=O) groups excluding carboxylic acids is 2. The second kappa shape index (κ2) is 9.21. The third-order valence-corrected chi connectivity index (χ3v) is 4.53. The summed E-state index contributed by atoms with van der Waals surface area (Å²) < 4.78 is 12.9. The Morgan fingerprint density at radius 3 is 2.17 bits per heavy atom. The number of hydrogen-bond donors (Lipinski definition) is 2. The molecular formula is C22H19ClFN3O2. The Hall–Kier alpha value is -3.38. The van der Waals surface area contributed by atoms with Gasteiger partial charge in [-0.3, -0.25) is 4.79 Å². The standard InChI is InChI=1S/C22H19ClFN3O2/c1-27(21(28)16-4-6-17(23)7-5-16)20-12-10-19(11-13-20)26-22(29)25-14-15-2-8-18(24)9-3-15/h2-13H,14H2,1H3,(H2,25,26,29). The van der Waals surface area contributed by atoms with Gasteiger partial charge < -0.3 is 15.5 Å². The molecule has 0 spiro atoms. The highest BCUT2D eigenvalue weighted by molar-refractivity contribution is 6.30. The third-order valence-electron chi connectivity index (χ3n) is 4.27. The minimum absolute atomic E-state index is 0.167. The van der Waals surface area contributed by atoms with Gasteiger partial charge in [0.2, 0.25) is 0 Å². The number of rotatable bonds is 5. The van der Waals surface area contributed by atoms with Crippen LogP contribution in [0, 0.1) is 5.82 Å². The first-order valence-corrected chi connectivity index (χ1v) is 9.23. The van der Waals surface area contributed by atoms with E-state index in [0.29, 0.717) is 22.0 Å². The van der Waals surface area contributed by atoms with Crippen LogP contribution >= 0.6 is 11.6 Å². The van der Waals surface area contributed by atoms with Crippen LogP contribution in [0.15, 0.2) is 72.8 Å². The highest BCUT2D eigenvalue weighted by atomic mass is 35.5. The van der Waals surface area contributed by atoms with Crippen LogP contribution < -0.4 is 15.5 Å². The fourth-order valence-corrected chi connectivity index (χ4v) is 2.76. The first-order chi connectivity index (χ1) is 13.9. The van der Waals surface area contributed by atoms with Crippen LogP contribution in [0.4, 0.5) is 20.6 Å². The zero-order valence-electron chi connectivity index (χ0n) is 15.7. The molecule has 3 aromatic rings. The average Bonchev–Trinajstić information content (AvgIpc) is 2.73. The molecule has 0 atom stereocenters. The van der Waals surface area contributed by atoms with Gasteiger partial charge in [0, 0.05) is 35.6 Å². The Morgan fingerprint density at radius 1 is 0.931 bits per heavy atom. The van der Waals surface area contributed by atoms with E-state index < -0.39 is 0 Å². The number of anilines is 2. The molecule has 0 unspecified atom stereocenters. The first kappa shape index (κ1) is 20.4. The maximum atomic E-state index is 12.9. The van der Waals surface area contributed by atoms with Crippen LogP contribution in [0.3, 0.4) is 0 Å². The predicted molar refractivity (Wildman–Crippen MR) is 113 cm³/mol. The number of amides is 3. The molecule has 3 aromatic carbocycles. The molecule has 5 nitrogen and oxygen atoms in total. The maximum Gasteiger partial charge on any atom is 0.319 e. The summed E-state index contributed by atoms with van der Waals surface area (Å²) in [4.78, 5) is 26.1. The van der Waals surface area contributed by atoms with Crippen LogP contribution in [0.25, 0.3) is 0 Å². The van der Waals surface area contributed by atoms with E-state index in [1.807, 2.05) is 0 Å². The first-order valence-electron chi connectivity index (χ1n) is 8.85. The molecule has 0 aliphatic carbocycles. The minimum atomic E-state index is -0.382. The molecule has 3 rings (SSSR count). The van der Waals surface area contributed by atoms with Crippen molar-refractivity contribution in [3.8, 4) is 0 Å². The number of nitrogens with zero attached hydrogens (tertiary/aromatic N) is 1. The van der Waals surface area contributed by atoms with Crippen LogP contribution in [-0.2, 0) is 6.54 Å². The van der Waals surface area contributed by atoms with Crippen molar-refractivity contribution in [3.63, 3.8) is 0 Å². The van der Waals surface area contributed by atoms with Gasteiger partial charge in [0.1, 0.15) is 5.82 Å². The minimum Gasteiger partial charge on any atom is -0.334 e. The van der Waals surface area contributed by atoms with Gasteiger partial charge in [0.15, 0.2) is 0 Å². The van der Waals surface area contributed by atoms with E-state index in [2.05, 4.69) is 10.6 Å². The molecule has 0 aliphatic heterocycles. The fraction of sp³-hybridized carbons (Fsp3) is 0.0909. The number of halogens is 2. The highest BCUT2D eigenvalue weighted by Gasteiger charge is 2.13. The van der Waals surface area contributed by atoms with Crippen molar-refractivity contribution < 1.29 is 14.0 Å². The summed E-state index contributed by atoms with van der Waals surface area (Å²) in [6, 6.07) is 19.1. The quantitative estimate of drug-likeness (QED) is 0.615. The van der Waals surface area contributed by atoms with Gasteiger partial charge in [-0.2, -0.15) is 0 Å². The monoisotopic (exact) mass is 411 g/mol. The molecule has 7 heteroatoms. The largest absolute Gasteiger partial charge is 0.334 e.